The third kappa shape index (κ3) is 13.1. The zero-order valence-corrected chi connectivity index (χ0v) is 39.3. The third-order valence-corrected chi connectivity index (χ3v) is 14.8. The lowest BCUT2D eigenvalue weighted by molar-refractivity contribution is -0.669. The number of aromatic nitrogens is 1. The van der Waals surface area contributed by atoms with E-state index >= 15 is 0 Å². The van der Waals surface area contributed by atoms with Crippen LogP contribution in [0, 0.1) is 0 Å². The van der Waals surface area contributed by atoms with Gasteiger partial charge in [-0.15, -0.1) is 11.6 Å². The molecular formula is C56H68ClN2S2+. The first-order valence-corrected chi connectivity index (χ1v) is 25.8. The van der Waals surface area contributed by atoms with E-state index in [1.54, 1.807) is 0 Å². The molecule has 0 amide bonds. The number of thioether (sulfide) groups is 1. The molecule has 1 unspecified atom stereocenters. The van der Waals surface area contributed by atoms with Crippen molar-refractivity contribution < 1.29 is 4.57 Å². The summed E-state index contributed by atoms with van der Waals surface area (Å²) in [7, 11) is 0. The van der Waals surface area contributed by atoms with E-state index in [0.717, 1.165) is 25.9 Å². The Morgan fingerprint density at radius 1 is 0.623 bits per heavy atom. The van der Waals surface area contributed by atoms with Crippen molar-refractivity contribution in [1.29, 1.82) is 0 Å². The highest BCUT2D eigenvalue weighted by molar-refractivity contribution is 8.03. The summed E-state index contributed by atoms with van der Waals surface area (Å²) >= 11 is 10.9. The molecule has 5 aromatic rings. The van der Waals surface area contributed by atoms with Crippen LogP contribution in [0.4, 0.5) is 5.69 Å². The van der Waals surface area contributed by atoms with Crippen LogP contribution >= 0.6 is 34.7 Å². The van der Waals surface area contributed by atoms with Crippen LogP contribution in [0.5, 0.6) is 0 Å². The molecule has 1 aliphatic carbocycles. The molecular weight excluding hydrogens is 800 g/mol. The van der Waals surface area contributed by atoms with Gasteiger partial charge in [-0.05, 0) is 89.4 Å². The van der Waals surface area contributed by atoms with Crippen molar-refractivity contribution in [1.82, 2.24) is 0 Å². The van der Waals surface area contributed by atoms with Gasteiger partial charge in [0.1, 0.15) is 4.70 Å². The fourth-order valence-corrected chi connectivity index (χ4v) is 11.5. The number of hydrogen-bond donors (Lipinski definition) is 0. The molecule has 61 heavy (non-hydrogen) atoms. The molecule has 0 radical (unpaired) electrons. The van der Waals surface area contributed by atoms with Crippen LogP contribution in [0.2, 0.25) is 0 Å². The van der Waals surface area contributed by atoms with E-state index in [1.165, 1.54) is 167 Å². The number of nitrogens with zero attached hydrogens (tertiary/aromatic N) is 2. The molecule has 1 aromatic heterocycles. The third-order valence-electron chi connectivity index (χ3n) is 12.3. The summed E-state index contributed by atoms with van der Waals surface area (Å²) in [4.78, 5) is 3.92. The monoisotopic (exact) mass is 867 g/mol. The van der Waals surface area contributed by atoms with Gasteiger partial charge in [0.2, 0.25) is 5.52 Å². The standard InChI is InChI=1S/C56H68ClN2S2/c1-3-5-7-9-11-13-15-23-37-58-51-33-31-48(46-25-19-17-20-26-46)42-53(51)60-55(58)35-29-44-39-45(41-50(57)40-44)30-36-56-59(38-24-16-14-12-10-8-6-4-2)52-34-32-49(43-54(52)61-56)47-27-21-18-22-28-47/h17-22,25-36,39,42-43,50H,3-16,23-24,37-38,40-41H2,1-2H3/q+1. The molecule has 1 atom stereocenters. The maximum absolute atomic E-state index is 7.05. The van der Waals surface area contributed by atoms with Gasteiger partial charge in [-0.2, -0.15) is 4.57 Å². The van der Waals surface area contributed by atoms with Gasteiger partial charge in [-0.3, -0.25) is 0 Å². The van der Waals surface area contributed by atoms with E-state index in [2.05, 4.69) is 151 Å². The van der Waals surface area contributed by atoms with Crippen molar-refractivity contribution in [3.8, 4) is 22.3 Å². The highest BCUT2D eigenvalue weighted by Crippen LogP contribution is 2.48. The molecule has 4 aromatic carbocycles. The second kappa shape index (κ2) is 24.1. The summed E-state index contributed by atoms with van der Waals surface area (Å²) < 4.78 is 3.92. The first-order valence-electron chi connectivity index (χ1n) is 23.7. The lowest BCUT2D eigenvalue weighted by Crippen LogP contribution is -2.35. The van der Waals surface area contributed by atoms with Crippen molar-refractivity contribution >= 4 is 56.7 Å². The van der Waals surface area contributed by atoms with Gasteiger partial charge in [0.05, 0.1) is 10.7 Å². The van der Waals surface area contributed by atoms with Gasteiger partial charge in [0.15, 0.2) is 6.54 Å². The van der Waals surface area contributed by atoms with Gasteiger partial charge in [0.25, 0.3) is 5.01 Å². The molecule has 5 heteroatoms. The fourth-order valence-electron chi connectivity index (χ4n) is 8.88. The van der Waals surface area contributed by atoms with Crippen LogP contribution in [0.3, 0.4) is 0 Å². The topological polar surface area (TPSA) is 7.12 Å². The molecule has 2 nitrogen and oxygen atoms in total. The summed E-state index contributed by atoms with van der Waals surface area (Å²) in [5, 5.41) is 2.73. The van der Waals surface area contributed by atoms with Crippen LogP contribution in [-0.2, 0) is 6.54 Å². The SMILES string of the molecule is CCCCCCCCCCN1C(=CC=C2C=C(C=Cc3sc4cc(-c5ccccc5)ccc4[n+]3CCCCCCCCCC)CC(Cl)C2)Sc2cc(-c3ccccc3)ccc21. The lowest BCUT2D eigenvalue weighted by Gasteiger charge is -2.21. The highest BCUT2D eigenvalue weighted by atomic mass is 35.5. The second-order valence-electron chi connectivity index (χ2n) is 17.2. The Labute approximate surface area is 381 Å². The van der Waals surface area contributed by atoms with Crippen LogP contribution < -0.4 is 9.47 Å². The molecule has 2 aliphatic rings. The number of fused-ring (bicyclic) bond motifs is 2. The Morgan fingerprint density at radius 2 is 1.23 bits per heavy atom. The Hall–Kier alpha value is -3.83. The minimum atomic E-state index is 0.0878. The molecule has 0 N–H and O–H groups in total. The summed E-state index contributed by atoms with van der Waals surface area (Å²) in [6.07, 6.45) is 34.9. The Balaban J connectivity index is 1.09. The van der Waals surface area contributed by atoms with E-state index in [1.807, 2.05) is 23.1 Å². The first-order chi connectivity index (χ1) is 30.1. The number of unbranched alkanes of at least 4 members (excludes halogenated alkanes) is 14. The van der Waals surface area contributed by atoms with E-state index < -0.39 is 0 Å². The molecule has 0 saturated carbocycles. The molecule has 2 heterocycles. The molecule has 320 valence electrons. The number of anilines is 1. The lowest BCUT2D eigenvalue weighted by atomic mass is 9.94. The highest BCUT2D eigenvalue weighted by Gasteiger charge is 2.26. The average Bonchev–Trinajstić information content (AvgIpc) is 3.83. The van der Waals surface area contributed by atoms with Crippen molar-refractivity contribution in [2.45, 2.75) is 146 Å². The van der Waals surface area contributed by atoms with Crippen molar-refractivity contribution in [3.05, 3.63) is 143 Å². The molecule has 0 saturated heterocycles. The van der Waals surface area contributed by atoms with Crippen molar-refractivity contribution in [2.24, 2.45) is 0 Å². The number of thiazole rings is 1. The Kier molecular flexibility index (Phi) is 17.9. The predicted molar refractivity (Wildman–Crippen MR) is 270 cm³/mol. The van der Waals surface area contributed by atoms with Gasteiger partial charge in [-0.1, -0.05) is 205 Å². The number of rotatable bonds is 23. The van der Waals surface area contributed by atoms with E-state index in [9.17, 15) is 0 Å². The van der Waals surface area contributed by atoms with Gasteiger partial charge >= 0.3 is 0 Å². The minimum Gasteiger partial charge on any atom is -0.335 e. The number of allylic oxidation sites excluding steroid dienone is 6. The molecule has 7 rings (SSSR count). The maximum atomic E-state index is 7.05. The predicted octanol–water partition coefficient (Wildman–Crippen LogP) is 17.5. The van der Waals surface area contributed by atoms with Crippen molar-refractivity contribution in [3.63, 3.8) is 0 Å². The van der Waals surface area contributed by atoms with E-state index in [-0.39, 0.29) is 5.38 Å². The van der Waals surface area contributed by atoms with E-state index in [4.69, 9.17) is 11.6 Å². The fraction of sp³-hybridized carbons (Fsp3) is 0.411. The van der Waals surface area contributed by atoms with E-state index in [0.29, 0.717) is 0 Å². The summed E-state index contributed by atoms with van der Waals surface area (Å²) in [5.74, 6) is 0. The number of halogens is 1. The molecule has 1 aliphatic heterocycles. The number of alkyl halides is 1. The largest absolute Gasteiger partial charge is 0.335 e. The zero-order valence-electron chi connectivity index (χ0n) is 36.9. The van der Waals surface area contributed by atoms with Crippen LogP contribution in [-0.4, -0.2) is 11.9 Å². The average molecular weight is 869 g/mol. The summed E-state index contributed by atoms with van der Waals surface area (Å²) in [5.41, 5.74) is 10.4. The summed E-state index contributed by atoms with van der Waals surface area (Å²) in [6, 6.07) is 35.6. The van der Waals surface area contributed by atoms with Crippen LogP contribution in [0.25, 0.3) is 38.5 Å². The first kappa shape index (κ1) is 45.2. The number of hydrogen-bond acceptors (Lipinski definition) is 3. The molecule has 0 spiro atoms. The van der Waals surface area contributed by atoms with Crippen molar-refractivity contribution in [2.75, 3.05) is 11.4 Å². The van der Waals surface area contributed by atoms with Gasteiger partial charge in [-0.25, -0.2) is 0 Å². The van der Waals surface area contributed by atoms with Crippen LogP contribution in [0.1, 0.15) is 134 Å². The maximum Gasteiger partial charge on any atom is 0.262 e. The Bertz CT molecular complexity index is 2250. The van der Waals surface area contributed by atoms with Crippen LogP contribution in [0.15, 0.2) is 142 Å². The summed E-state index contributed by atoms with van der Waals surface area (Å²) in [6.45, 7) is 6.70. The zero-order chi connectivity index (χ0) is 42.1. The second-order valence-corrected chi connectivity index (χ2v) is 19.9. The van der Waals surface area contributed by atoms with Gasteiger partial charge < -0.3 is 4.90 Å². The molecule has 0 bridgehead atoms. The Morgan fingerprint density at radius 3 is 1.90 bits per heavy atom. The molecule has 0 fully saturated rings. The van der Waals surface area contributed by atoms with Gasteiger partial charge in [0, 0.05) is 35.4 Å². The minimum absolute atomic E-state index is 0.0878. The quantitative estimate of drug-likeness (QED) is 0.0367. The number of benzene rings is 4. The smallest absolute Gasteiger partial charge is 0.262 e. The number of aryl methyl sites for hydroxylation is 1. The normalized spacial score (nSPS) is 16.7.